The second-order valence-electron chi connectivity index (χ2n) is 25.0. The summed E-state index contributed by atoms with van der Waals surface area (Å²) in [5.74, 6) is -1.99. The van der Waals surface area contributed by atoms with Crippen LogP contribution in [0.3, 0.4) is 0 Å². The molecule has 1 saturated heterocycles. The van der Waals surface area contributed by atoms with Crippen molar-refractivity contribution in [3.05, 3.63) is 171 Å². The molecule has 542 valence electrons. The minimum atomic E-state index is -1.45. The number of fused-ring (bicyclic) bond motifs is 1. The number of anilines is 1. The van der Waals surface area contributed by atoms with Crippen molar-refractivity contribution < 1.29 is 66.4 Å². The number of carboxylic acid groups (broad SMARTS) is 1. The number of rotatable bonds is 35. The van der Waals surface area contributed by atoms with Gasteiger partial charge in [0.2, 0.25) is 29.7 Å². The number of alkyl carbamates (subject to hydrolysis) is 1. The number of para-hydroxylation sites is 2. The van der Waals surface area contributed by atoms with Crippen LogP contribution in [-0.4, -0.2) is 175 Å². The number of hydrogen-bond donors (Lipinski definition) is 8. The van der Waals surface area contributed by atoms with Gasteiger partial charge in [0.05, 0.1) is 62.1 Å². The number of carbonyl (C=O) groups excluding carboxylic acids is 5. The van der Waals surface area contributed by atoms with E-state index in [1.54, 1.807) is 75.7 Å². The molecule has 0 spiro atoms. The van der Waals surface area contributed by atoms with E-state index in [0.29, 0.717) is 114 Å². The molecule has 6 amide bonds. The van der Waals surface area contributed by atoms with Crippen LogP contribution in [0.15, 0.2) is 127 Å². The van der Waals surface area contributed by atoms with Gasteiger partial charge in [0, 0.05) is 71.9 Å². The highest BCUT2D eigenvalue weighted by molar-refractivity contribution is 7.22. The zero-order chi connectivity index (χ0) is 73.6. The number of nitrogens with two attached hydrogens (primary N) is 1. The average molecular weight is 1450 g/mol. The summed E-state index contributed by atoms with van der Waals surface area (Å²) in [5, 5.41) is 31.2. The highest BCUT2D eigenvalue weighted by Crippen LogP contribution is 2.50. The summed E-state index contributed by atoms with van der Waals surface area (Å²) in [4.78, 5) is 102. The molecule has 31 heteroatoms. The predicted molar refractivity (Wildman–Crippen MR) is 387 cm³/mol. The minimum Gasteiger partial charge on any atom is -0.496 e. The molecule has 0 unspecified atom stereocenters. The fourth-order valence-electron chi connectivity index (χ4n) is 11.8. The van der Waals surface area contributed by atoms with Gasteiger partial charge in [0.1, 0.15) is 72.6 Å². The van der Waals surface area contributed by atoms with Crippen molar-refractivity contribution in [3.8, 4) is 56.1 Å². The first-order chi connectivity index (χ1) is 49.6. The average Bonchev–Trinajstić information content (AvgIpc) is 1.59. The van der Waals surface area contributed by atoms with Crippen LogP contribution >= 0.6 is 22.9 Å². The van der Waals surface area contributed by atoms with Gasteiger partial charge in [0.15, 0.2) is 5.82 Å². The lowest BCUT2D eigenvalue weighted by Gasteiger charge is -2.42. The summed E-state index contributed by atoms with van der Waals surface area (Å²) in [6.07, 6.45) is 0.849. The first-order valence-electron chi connectivity index (χ1n) is 33.3. The van der Waals surface area contributed by atoms with E-state index in [9.17, 15) is 38.3 Å². The summed E-state index contributed by atoms with van der Waals surface area (Å²) in [5.41, 5.74) is 20.7. The van der Waals surface area contributed by atoms with E-state index in [1.807, 2.05) is 62.5 Å². The maximum Gasteiger partial charge on any atom is 0.407 e. The number of carbonyl (C=O) groups is 6. The molecule has 0 bridgehead atoms. The number of piperazine rings is 1. The number of primary amides is 1. The van der Waals surface area contributed by atoms with Crippen LogP contribution in [0.5, 0.6) is 23.1 Å². The van der Waals surface area contributed by atoms with E-state index in [1.165, 1.54) is 29.8 Å². The number of thiophene rings is 1. The Morgan fingerprint density at radius 3 is 2.35 bits per heavy atom. The molecule has 9 N–H and O–H groups in total. The maximum absolute atomic E-state index is 14.5. The highest BCUT2D eigenvalue weighted by Gasteiger charge is 2.33. The topological polar surface area (TPSA) is 371 Å². The smallest absolute Gasteiger partial charge is 0.407 e. The van der Waals surface area contributed by atoms with Crippen molar-refractivity contribution >= 4 is 74.7 Å². The Bertz CT molecular complexity index is 4370. The third-order valence-corrected chi connectivity index (χ3v) is 18.9. The number of quaternary nitrogens is 1. The fourth-order valence-corrected chi connectivity index (χ4v) is 13.1. The Morgan fingerprint density at radius 1 is 0.864 bits per heavy atom. The Morgan fingerprint density at radius 2 is 1.62 bits per heavy atom. The molecule has 4 heterocycles. The SMILES string of the molecule is CNCc1cc(NC(=O)[C@H](CCCNC(N)=O)NC(=O)[C@@H](NC(=O)CNC(=O)OCCN=[N+]=[N-])C(C)C)ccc1C[N+]1(C)CCN(CCOc2ccc(-c3c(-c4ccc(F)cc4)sc4ncnc(O[C@H](Cc5ccccc5OCc5ccnc(-c6ccccc6OC)n5)C(=O)O)c34)c(C)c2Cl)CC1. The summed E-state index contributed by atoms with van der Waals surface area (Å²) >= 11 is 8.59. The maximum atomic E-state index is 14.5. The molecule has 0 aliphatic carbocycles. The number of benzene rings is 5. The number of azide groups is 1. The van der Waals surface area contributed by atoms with Crippen molar-refractivity contribution in [3.63, 3.8) is 0 Å². The lowest BCUT2D eigenvalue weighted by Crippen LogP contribution is -2.57. The van der Waals surface area contributed by atoms with Crippen LogP contribution in [0.4, 0.5) is 19.7 Å². The van der Waals surface area contributed by atoms with Crippen LogP contribution in [0.2, 0.25) is 5.02 Å². The number of carboxylic acids is 1. The molecule has 3 atom stereocenters. The second kappa shape index (κ2) is 36.7. The summed E-state index contributed by atoms with van der Waals surface area (Å²) in [7, 11) is 5.63. The monoisotopic (exact) mass is 1450 g/mol. The molecule has 3 aromatic heterocycles. The van der Waals surface area contributed by atoms with Gasteiger partial charge in [0.25, 0.3) is 0 Å². The molecule has 28 nitrogen and oxygen atoms in total. The first-order valence-corrected chi connectivity index (χ1v) is 34.5. The number of urea groups is 1. The molecule has 103 heavy (non-hydrogen) atoms. The van der Waals surface area contributed by atoms with Gasteiger partial charge in [-0.1, -0.05) is 85.2 Å². The molecule has 0 radical (unpaired) electrons. The molecule has 9 rings (SSSR count). The summed E-state index contributed by atoms with van der Waals surface area (Å²) in [6.45, 7) is 10.0. The molecule has 8 aromatic rings. The Balaban J connectivity index is 0.835. The molecule has 1 aliphatic rings. The van der Waals surface area contributed by atoms with Gasteiger partial charge in [-0.15, -0.1) is 11.3 Å². The van der Waals surface area contributed by atoms with Crippen molar-refractivity contribution in [2.24, 2.45) is 16.8 Å². The number of likely N-dealkylation sites (N-methyl/N-ethyl adjacent to an activating group) is 1. The fraction of sp³-hybridized carbons (Fsp3) is 0.361. The van der Waals surface area contributed by atoms with Crippen LogP contribution in [0.25, 0.3) is 53.6 Å². The van der Waals surface area contributed by atoms with Crippen molar-refractivity contribution in [1.29, 1.82) is 0 Å². The van der Waals surface area contributed by atoms with Gasteiger partial charge in [-0.25, -0.2) is 38.7 Å². The Hall–Kier alpha value is -10.8. The number of halogens is 2. The number of nitrogens with zero attached hydrogens (tertiary/aromatic N) is 9. The first kappa shape index (κ1) is 76.4. The molecular formula is C72H83ClFN16O12S+. The van der Waals surface area contributed by atoms with Crippen molar-refractivity contribution in [1.82, 2.24) is 51.4 Å². The van der Waals surface area contributed by atoms with Crippen molar-refractivity contribution in [2.45, 2.75) is 77.9 Å². The van der Waals surface area contributed by atoms with Crippen molar-refractivity contribution in [2.75, 3.05) is 92.1 Å². The number of ether oxygens (including phenoxy) is 5. The molecule has 5 aromatic carbocycles. The van der Waals surface area contributed by atoms with E-state index in [4.69, 9.17) is 51.5 Å². The molecule has 0 saturated carbocycles. The normalized spacial score (nSPS) is 13.5. The van der Waals surface area contributed by atoms with E-state index in [2.05, 4.69) is 68.8 Å². The van der Waals surface area contributed by atoms with E-state index in [-0.39, 0.29) is 51.4 Å². The van der Waals surface area contributed by atoms with Gasteiger partial charge in [-0.05, 0) is 121 Å². The number of nitrogens with one attached hydrogen (secondary N) is 6. The van der Waals surface area contributed by atoms with E-state index in [0.717, 1.165) is 41.8 Å². The van der Waals surface area contributed by atoms with Gasteiger partial charge < -0.3 is 70.9 Å². The molecule has 1 aliphatic heterocycles. The number of hydrogen-bond acceptors (Lipinski definition) is 19. The number of methoxy groups -OCH3 is 1. The zero-order valence-corrected chi connectivity index (χ0v) is 59.4. The largest absolute Gasteiger partial charge is 0.496 e. The standard InChI is InChI=1S/C72H82ClFN16O12S/c1-43(2)63(87-59(91)39-80-72(97)100-34-28-83-88-76)67(93)86-54(14-11-26-79-71(75)96)66(92)85-50-22-19-47(48(36-50)38-77-4)40-90(5)32-29-89(30-33-90)31-35-99-57-24-23-52(44(3)62(57)73)60-61-68(81-42-82-69(61)103-64(60)45-17-20-49(74)21-18-45)102-58(70(94)95)37-46-12-7-9-15-55(46)101-41-51-25-27-78-65(84-51)53-13-8-10-16-56(53)98-6/h7-10,12-13,15-25,27,36,42-43,54,58,63,77H,11,14,26,28-35,37-41H2,1-6H3,(H7-,75,79,80,85,86,87,91,92,93,94,95,96,97)/p+1/t54-,58+,63-/m0/s1. The second-order valence-corrected chi connectivity index (χ2v) is 26.4. The summed E-state index contributed by atoms with van der Waals surface area (Å²) < 4.78 is 44.8. The minimum absolute atomic E-state index is 0.0205. The van der Waals surface area contributed by atoms with Crippen LogP contribution in [0, 0.1) is 18.7 Å². The lowest BCUT2D eigenvalue weighted by atomic mass is 9.96. The Kier molecular flexibility index (Phi) is 27.3. The van der Waals surface area contributed by atoms with E-state index < -0.39 is 72.3 Å². The number of aliphatic carboxylic acids is 1. The zero-order valence-electron chi connectivity index (χ0n) is 57.9. The molecular weight excluding hydrogens is 1370 g/mol. The predicted octanol–water partition coefficient (Wildman–Crippen LogP) is 9.36. The number of amides is 6. The third-order valence-electron chi connectivity index (χ3n) is 17.2. The third kappa shape index (κ3) is 21.0. The molecule has 1 fully saturated rings. The summed E-state index contributed by atoms with van der Waals surface area (Å²) in [6, 6.07) is 28.8. The van der Waals surface area contributed by atoms with Gasteiger partial charge >= 0.3 is 18.1 Å². The van der Waals surface area contributed by atoms with Crippen LogP contribution in [-0.2, 0) is 50.0 Å². The number of aromatic nitrogens is 4. The van der Waals surface area contributed by atoms with E-state index >= 15 is 0 Å². The van der Waals surface area contributed by atoms with Crippen LogP contribution < -0.4 is 56.6 Å². The lowest BCUT2D eigenvalue weighted by molar-refractivity contribution is -0.926. The van der Waals surface area contributed by atoms with Gasteiger partial charge in [-0.2, -0.15) is 0 Å². The Labute approximate surface area is 603 Å². The quantitative estimate of drug-likeness (QED) is 0.00602. The van der Waals surface area contributed by atoms with Gasteiger partial charge in [-0.3, -0.25) is 19.3 Å². The van der Waals surface area contributed by atoms with Crippen LogP contribution in [0.1, 0.15) is 54.6 Å². The highest BCUT2D eigenvalue weighted by atomic mass is 35.5.